The Balaban J connectivity index is 2.40. The van der Waals surface area contributed by atoms with E-state index in [9.17, 15) is 22.8 Å². The Labute approximate surface area is 122 Å². The van der Waals surface area contributed by atoms with E-state index in [0.29, 0.717) is 12.8 Å². The van der Waals surface area contributed by atoms with Crippen LogP contribution in [0.25, 0.3) is 0 Å². The van der Waals surface area contributed by atoms with E-state index in [0.717, 1.165) is 19.3 Å². The van der Waals surface area contributed by atoms with Crippen LogP contribution in [-0.2, 0) is 9.59 Å². The van der Waals surface area contributed by atoms with Crippen molar-refractivity contribution in [1.29, 1.82) is 0 Å². The van der Waals surface area contributed by atoms with Gasteiger partial charge in [0.1, 0.15) is 0 Å². The van der Waals surface area contributed by atoms with Gasteiger partial charge in [-0.15, -0.1) is 0 Å². The van der Waals surface area contributed by atoms with Crippen LogP contribution in [0.4, 0.5) is 13.2 Å². The molecule has 1 aliphatic carbocycles. The Morgan fingerprint density at radius 1 is 1.10 bits per heavy atom. The van der Waals surface area contributed by atoms with Gasteiger partial charge >= 0.3 is 12.1 Å². The Bertz CT molecular complexity index is 363. The van der Waals surface area contributed by atoms with E-state index in [1.807, 2.05) is 0 Å². The number of hydrogen-bond acceptors (Lipinski definition) is 2. The predicted octanol–water partition coefficient (Wildman–Crippen LogP) is 3.26. The highest BCUT2D eigenvalue weighted by Gasteiger charge is 2.36. The van der Waals surface area contributed by atoms with Gasteiger partial charge in [-0.2, -0.15) is 13.2 Å². The van der Waals surface area contributed by atoms with Crippen molar-refractivity contribution < 1.29 is 27.9 Å². The Morgan fingerprint density at radius 3 is 2.24 bits per heavy atom. The molecule has 0 unspecified atom stereocenters. The summed E-state index contributed by atoms with van der Waals surface area (Å²) >= 11 is 0. The molecular formula is C14H22F3NO3. The number of carboxylic acids is 1. The van der Waals surface area contributed by atoms with Gasteiger partial charge in [0.25, 0.3) is 0 Å². The summed E-state index contributed by atoms with van der Waals surface area (Å²) in [6.07, 6.45) is -1.04. The van der Waals surface area contributed by atoms with Crippen LogP contribution >= 0.6 is 0 Å². The zero-order valence-electron chi connectivity index (χ0n) is 12.0. The van der Waals surface area contributed by atoms with Gasteiger partial charge in [0.15, 0.2) is 0 Å². The van der Waals surface area contributed by atoms with Crippen molar-refractivity contribution in [3.63, 3.8) is 0 Å². The van der Waals surface area contributed by atoms with Crippen LogP contribution in [0.5, 0.6) is 0 Å². The first kappa shape index (κ1) is 17.8. The molecule has 0 aromatic rings. The van der Waals surface area contributed by atoms with Crippen molar-refractivity contribution in [3.05, 3.63) is 0 Å². The van der Waals surface area contributed by atoms with Crippen molar-refractivity contribution >= 4 is 11.9 Å². The van der Waals surface area contributed by atoms with Crippen LogP contribution in [0.3, 0.4) is 0 Å². The molecule has 0 saturated heterocycles. The fourth-order valence-electron chi connectivity index (χ4n) is 2.96. The molecule has 0 aromatic carbocycles. The van der Waals surface area contributed by atoms with Crippen LogP contribution in [0.15, 0.2) is 0 Å². The number of carbonyl (C=O) groups is 2. The van der Waals surface area contributed by atoms with Gasteiger partial charge in [-0.1, -0.05) is 19.3 Å². The molecule has 0 radical (unpaired) electrons. The highest BCUT2D eigenvalue weighted by molar-refractivity contribution is 5.78. The molecule has 2 N–H and O–H groups in total. The second-order valence-corrected chi connectivity index (χ2v) is 5.88. The minimum atomic E-state index is -4.21. The third kappa shape index (κ3) is 7.34. The van der Waals surface area contributed by atoms with Gasteiger partial charge in [-0.25, -0.2) is 0 Å². The summed E-state index contributed by atoms with van der Waals surface area (Å²) in [6.45, 7) is -0.0263. The molecule has 0 aromatic heterocycles. The highest BCUT2D eigenvalue weighted by atomic mass is 19.4. The minimum Gasteiger partial charge on any atom is -0.481 e. The second-order valence-electron chi connectivity index (χ2n) is 5.88. The van der Waals surface area contributed by atoms with Gasteiger partial charge in [0, 0.05) is 19.4 Å². The first-order chi connectivity index (χ1) is 9.72. The monoisotopic (exact) mass is 309 g/mol. The number of rotatable bonds is 7. The molecule has 7 heteroatoms. The van der Waals surface area contributed by atoms with Gasteiger partial charge in [0.2, 0.25) is 5.91 Å². The molecule has 1 saturated carbocycles. The maximum atomic E-state index is 12.0. The standard InChI is InChI=1S/C14H22F3NO3/c15-14(16,17)7-4-8-18-11(19)9-13(10-12(20)21)5-2-1-3-6-13/h1-10H2,(H,18,19)(H,20,21). The Morgan fingerprint density at radius 2 is 1.71 bits per heavy atom. The number of nitrogens with one attached hydrogen (secondary N) is 1. The molecule has 122 valence electrons. The van der Waals surface area contributed by atoms with Gasteiger partial charge < -0.3 is 10.4 Å². The van der Waals surface area contributed by atoms with Crippen molar-refractivity contribution in [1.82, 2.24) is 5.32 Å². The van der Waals surface area contributed by atoms with E-state index < -0.39 is 24.0 Å². The predicted molar refractivity (Wildman–Crippen MR) is 70.7 cm³/mol. The minimum absolute atomic E-state index is 0.0263. The van der Waals surface area contributed by atoms with E-state index in [2.05, 4.69) is 5.32 Å². The first-order valence-electron chi connectivity index (χ1n) is 7.28. The zero-order valence-corrected chi connectivity index (χ0v) is 12.0. The number of halogens is 3. The third-order valence-corrected chi connectivity index (χ3v) is 3.94. The molecule has 1 fully saturated rings. The van der Waals surface area contributed by atoms with Crippen LogP contribution in [0.1, 0.15) is 57.8 Å². The normalized spacial score (nSPS) is 18.2. The van der Waals surface area contributed by atoms with Gasteiger partial charge in [-0.3, -0.25) is 9.59 Å². The zero-order chi connectivity index (χ0) is 15.9. The van der Waals surface area contributed by atoms with E-state index >= 15 is 0 Å². The lowest BCUT2D eigenvalue weighted by Crippen LogP contribution is -2.35. The van der Waals surface area contributed by atoms with E-state index in [4.69, 9.17) is 5.11 Å². The summed E-state index contributed by atoms with van der Waals surface area (Å²) in [4.78, 5) is 22.8. The Kier molecular flexibility index (Phi) is 6.48. The second kappa shape index (κ2) is 7.66. The highest BCUT2D eigenvalue weighted by Crippen LogP contribution is 2.42. The third-order valence-electron chi connectivity index (χ3n) is 3.94. The topological polar surface area (TPSA) is 66.4 Å². The number of carbonyl (C=O) groups excluding carboxylic acids is 1. The van der Waals surface area contributed by atoms with Gasteiger partial charge in [0.05, 0.1) is 6.42 Å². The molecule has 0 heterocycles. The number of aliphatic carboxylic acids is 1. The van der Waals surface area contributed by atoms with Crippen LogP contribution in [-0.4, -0.2) is 29.7 Å². The lowest BCUT2D eigenvalue weighted by molar-refractivity contribution is -0.142. The maximum absolute atomic E-state index is 12.0. The molecule has 1 rings (SSSR count). The summed E-state index contributed by atoms with van der Waals surface area (Å²) < 4.78 is 35.9. The SMILES string of the molecule is O=C(O)CC1(CC(=O)NCCCC(F)(F)F)CCCCC1. The van der Waals surface area contributed by atoms with E-state index in [-0.39, 0.29) is 31.7 Å². The fraction of sp³-hybridized carbons (Fsp3) is 0.857. The number of amides is 1. The molecular weight excluding hydrogens is 287 g/mol. The lowest BCUT2D eigenvalue weighted by atomic mass is 9.69. The lowest BCUT2D eigenvalue weighted by Gasteiger charge is -2.35. The van der Waals surface area contributed by atoms with E-state index in [1.54, 1.807) is 0 Å². The smallest absolute Gasteiger partial charge is 0.389 e. The summed E-state index contributed by atoms with van der Waals surface area (Å²) in [5, 5.41) is 11.5. The van der Waals surface area contributed by atoms with Crippen molar-refractivity contribution in [3.8, 4) is 0 Å². The molecule has 0 spiro atoms. The molecule has 0 atom stereocenters. The van der Waals surface area contributed by atoms with Gasteiger partial charge in [-0.05, 0) is 24.7 Å². The summed E-state index contributed by atoms with van der Waals surface area (Å²) in [5.74, 6) is -1.28. The molecule has 4 nitrogen and oxygen atoms in total. The average Bonchev–Trinajstić information content (AvgIpc) is 2.33. The van der Waals surface area contributed by atoms with Crippen LogP contribution in [0, 0.1) is 5.41 Å². The summed E-state index contributed by atoms with van der Waals surface area (Å²) in [6, 6.07) is 0. The summed E-state index contributed by atoms with van der Waals surface area (Å²) in [7, 11) is 0. The van der Waals surface area contributed by atoms with Crippen molar-refractivity contribution in [2.45, 2.75) is 64.0 Å². The van der Waals surface area contributed by atoms with Crippen molar-refractivity contribution in [2.24, 2.45) is 5.41 Å². The quantitative estimate of drug-likeness (QED) is 0.709. The summed E-state index contributed by atoms with van der Waals surface area (Å²) in [5.41, 5.74) is -0.530. The number of alkyl halides is 3. The molecule has 0 aliphatic heterocycles. The number of carboxylic acid groups (broad SMARTS) is 1. The Hall–Kier alpha value is -1.27. The average molecular weight is 309 g/mol. The maximum Gasteiger partial charge on any atom is 0.389 e. The molecule has 1 amide bonds. The molecule has 0 bridgehead atoms. The fourth-order valence-corrected chi connectivity index (χ4v) is 2.96. The van der Waals surface area contributed by atoms with Crippen molar-refractivity contribution in [2.75, 3.05) is 6.54 Å². The van der Waals surface area contributed by atoms with Crippen LogP contribution < -0.4 is 5.32 Å². The molecule has 21 heavy (non-hydrogen) atoms. The number of hydrogen-bond donors (Lipinski definition) is 2. The first-order valence-corrected chi connectivity index (χ1v) is 7.28. The van der Waals surface area contributed by atoms with E-state index in [1.165, 1.54) is 0 Å². The van der Waals surface area contributed by atoms with Crippen LogP contribution in [0.2, 0.25) is 0 Å². The largest absolute Gasteiger partial charge is 0.481 e. The molecule has 1 aliphatic rings.